The number of para-hydroxylation sites is 1. The van der Waals surface area contributed by atoms with Crippen LogP contribution >= 0.6 is 0 Å². The third-order valence-electron chi connectivity index (χ3n) is 4.24. The van der Waals surface area contributed by atoms with E-state index in [1.807, 2.05) is 35.2 Å². The van der Waals surface area contributed by atoms with E-state index in [9.17, 15) is 9.59 Å². The van der Waals surface area contributed by atoms with E-state index in [2.05, 4.69) is 21.7 Å². The van der Waals surface area contributed by atoms with Crippen LogP contribution in [0.4, 0.5) is 10.5 Å². The molecule has 6 nitrogen and oxygen atoms in total. The Morgan fingerprint density at radius 2 is 1.88 bits per heavy atom. The van der Waals surface area contributed by atoms with Crippen molar-refractivity contribution in [2.45, 2.75) is 25.8 Å². The first kappa shape index (κ1) is 17.0. The molecule has 0 aliphatic carbocycles. The van der Waals surface area contributed by atoms with Gasteiger partial charge in [-0.05, 0) is 42.2 Å². The molecule has 0 saturated heterocycles. The van der Waals surface area contributed by atoms with Gasteiger partial charge in [-0.1, -0.05) is 18.2 Å². The van der Waals surface area contributed by atoms with Crippen molar-refractivity contribution in [1.82, 2.24) is 15.6 Å². The molecule has 25 heavy (non-hydrogen) atoms. The summed E-state index contributed by atoms with van der Waals surface area (Å²) in [4.78, 5) is 29.9. The van der Waals surface area contributed by atoms with Gasteiger partial charge in [0.15, 0.2) is 0 Å². The molecule has 1 aliphatic rings. The number of carbonyl (C=O) groups is 2. The minimum atomic E-state index is -0.226. The smallest absolute Gasteiger partial charge is 0.315 e. The van der Waals surface area contributed by atoms with E-state index in [0.717, 1.165) is 24.2 Å². The molecule has 0 fully saturated rings. The Morgan fingerprint density at radius 1 is 1.08 bits per heavy atom. The van der Waals surface area contributed by atoms with Crippen molar-refractivity contribution < 1.29 is 9.59 Å². The second-order valence-corrected chi connectivity index (χ2v) is 5.99. The Labute approximate surface area is 147 Å². The third-order valence-corrected chi connectivity index (χ3v) is 4.24. The molecule has 3 amide bonds. The van der Waals surface area contributed by atoms with Gasteiger partial charge < -0.3 is 15.5 Å². The fourth-order valence-corrected chi connectivity index (χ4v) is 2.92. The third kappa shape index (κ3) is 4.56. The molecule has 0 spiro atoms. The molecular formula is C19H22N4O2. The Hall–Kier alpha value is -2.89. The Kier molecular flexibility index (Phi) is 5.61. The maximum atomic E-state index is 12.4. The fourth-order valence-electron chi connectivity index (χ4n) is 2.92. The molecule has 0 atom stereocenters. The molecule has 2 aromatic rings. The number of hydrogen-bond acceptors (Lipinski definition) is 3. The first-order valence-electron chi connectivity index (χ1n) is 8.53. The van der Waals surface area contributed by atoms with Crippen LogP contribution in [0.15, 0.2) is 48.8 Å². The van der Waals surface area contributed by atoms with Crippen LogP contribution in [0.3, 0.4) is 0 Å². The molecule has 2 heterocycles. The van der Waals surface area contributed by atoms with Gasteiger partial charge in [0.05, 0.1) is 0 Å². The average Bonchev–Trinajstić information content (AvgIpc) is 3.08. The molecule has 1 aliphatic heterocycles. The number of nitrogens with zero attached hydrogens (tertiary/aromatic N) is 2. The van der Waals surface area contributed by atoms with Crippen LogP contribution < -0.4 is 15.5 Å². The quantitative estimate of drug-likeness (QED) is 0.794. The van der Waals surface area contributed by atoms with Gasteiger partial charge in [-0.3, -0.25) is 9.78 Å². The molecule has 0 unspecified atom stereocenters. The zero-order chi connectivity index (χ0) is 17.5. The molecule has 130 valence electrons. The average molecular weight is 338 g/mol. The van der Waals surface area contributed by atoms with E-state index in [4.69, 9.17) is 0 Å². The zero-order valence-electron chi connectivity index (χ0n) is 14.1. The first-order chi connectivity index (χ1) is 12.2. The van der Waals surface area contributed by atoms with Gasteiger partial charge in [0.25, 0.3) is 0 Å². The molecule has 0 radical (unpaired) electrons. The second kappa shape index (κ2) is 8.28. The number of aromatic nitrogens is 1. The Bertz CT molecular complexity index is 733. The minimum absolute atomic E-state index is 0.115. The standard InChI is InChI=1S/C19H22N4O2/c24-18(23-13-9-16-4-1-2-5-17(16)23)6-3-10-21-19(25)22-14-15-7-11-20-12-8-15/h1-2,4-5,7-8,11-12H,3,6,9-10,13-14H2,(H2,21,22,25). The summed E-state index contributed by atoms with van der Waals surface area (Å²) in [5.74, 6) is 0.115. The van der Waals surface area contributed by atoms with E-state index in [-0.39, 0.29) is 11.9 Å². The number of nitrogens with one attached hydrogen (secondary N) is 2. The normalized spacial score (nSPS) is 12.6. The van der Waals surface area contributed by atoms with Crippen LogP contribution in [0, 0.1) is 0 Å². The number of rotatable bonds is 6. The highest BCUT2D eigenvalue weighted by atomic mass is 16.2. The summed E-state index contributed by atoms with van der Waals surface area (Å²) in [7, 11) is 0. The zero-order valence-corrected chi connectivity index (χ0v) is 14.1. The lowest BCUT2D eigenvalue weighted by Gasteiger charge is -2.17. The lowest BCUT2D eigenvalue weighted by atomic mass is 10.2. The van der Waals surface area contributed by atoms with Gasteiger partial charge in [-0.25, -0.2) is 4.79 Å². The highest BCUT2D eigenvalue weighted by Crippen LogP contribution is 2.27. The number of hydrogen-bond donors (Lipinski definition) is 2. The van der Waals surface area contributed by atoms with Gasteiger partial charge in [-0.15, -0.1) is 0 Å². The van der Waals surface area contributed by atoms with Gasteiger partial charge in [0.1, 0.15) is 0 Å². The summed E-state index contributed by atoms with van der Waals surface area (Å²) in [5.41, 5.74) is 3.24. The summed E-state index contributed by atoms with van der Waals surface area (Å²) in [5, 5.41) is 5.56. The summed E-state index contributed by atoms with van der Waals surface area (Å²) < 4.78 is 0. The molecule has 1 aromatic carbocycles. The van der Waals surface area contributed by atoms with Gasteiger partial charge >= 0.3 is 6.03 Å². The molecule has 0 bridgehead atoms. The van der Waals surface area contributed by atoms with Crippen molar-refractivity contribution in [1.29, 1.82) is 0 Å². The van der Waals surface area contributed by atoms with Gasteiger partial charge in [-0.2, -0.15) is 0 Å². The van der Waals surface area contributed by atoms with Crippen molar-refractivity contribution in [3.8, 4) is 0 Å². The van der Waals surface area contributed by atoms with Crippen LogP contribution in [0.5, 0.6) is 0 Å². The van der Waals surface area contributed by atoms with E-state index < -0.39 is 0 Å². The topological polar surface area (TPSA) is 74.3 Å². The molecule has 0 saturated carbocycles. The van der Waals surface area contributed by atoms with E-state index in [1.54, 1.807) is 12.4 Å². The number of anilines is 1. The molecular weight excluding hydrogens is 316 g/mol. The maximum absolute atomic E-state index is 12.4. The monoisotopic (exact) mass is 338 g/mol. The Balaban J connectivity index is 1.34. The number of benzene rings is 1. The summed E-state index contributed by atoms with van der Waals surface area (Å²) in [6.07, 6.45) is 5.35. The van der Waals surface area contributed by atoms with Crippen LogP contribution in [0.2, 0.25) is 0 Å². The van der Waals surface area contributed by atoms with Crippen molar-refractivity contribution >= 4 is 17.6 Å². The molecule has 3 rings (SSSR count). The number of fused-ring (bicyclic) bond motifs is 1. The highest BCUT2D eigenvalue weighted by Gasteiger charge is 2.23. The van der Waals surface area contributed by atoms with Crippen molar-refractivity contribution in [3.63, 3.8) is 0 Å². The number of urea groups is 1. The molecule has 1 aromatic heterocycles. The van der Waals surface area contributed by atoms with Crippen LogP contribution in [0.1, 0.15) is 24.0 Å². The summed E-state index contributed by atoms with van der Waals surface area (Å²) in [6.45, 7) is 1.68. The lowest BCUT2D eigenvalue weighted by Crippen LogP contribution is -2.36. The Morgan fingerprint density at radius 3 is 2.72 bits per heavy atom. The number of pyridine rings is 1. The number of amides is 3. The van der Waals surface area contributed by atoms with Crippen LogP contribution in [0.25, 0.3) is 0 Å². The largest absolute Gasteiger partial charge is 0.338 e. The molecule has 2 N–H and O–H groups in total. The first-order valence-corrected chi connectivity index (χ1v) is 8.53. The summed E-state index contributed by atoms with van der Waals surface area (Å²) in [6, 6.07) is 11.5. The van der Waals surface area contributed by atoms with E-state index in [0.29, 0.717) is 25.9 Å². The van der Waals surface area contributed by atoms with E-state index >= 15 is 0 Å². The highest BCUT2D eigenvalue weighted by molar-refractivity contribution is 5.95. The van der Waals surface area contributed by atoms with Gasteiger partial charge in [0, 0.05) is 44.1 Å². The second-order valence-electron chi connectivity index (χ2n) is 5.99. The minimum Gasteiger partial charge on any atom is -0.338 e. The summed E-state index contributed by atoms with van der Waals surface area (Å²) >= 11 is 0. The van der Waals surface area contributed by atoms with E-state index in [1.165, 1.54) is 5.56 Å². The molecule has 6 heteroatoms. The number of carbonyl (C=O) groups excluding carboxylic acids is 2. The lowest BCUT2D eigenvalue weighted by molar-refractivity contribution is -0.118. The van der Waals surface area contributed by atoms with Crippen molar-refractivity contribution in [2.24, 2.45) is 0 Å². The predicted molar refractivity (Wildman–Crippen MR) is 96.2 cm³/mol. The maximum Gasteiger partial charge on any atom is 0.315 e. The SMILES string of the molecule is O=C(NCCCC(=O)N1CCc2ccccc21)NCc1ccncc1. The van der Waals surface area contributed by atoms with Crippen LogP contribution in [-0.2, 0) is 17.8 Å². The van der Waals surface area contributed by atoms with Gasteiger partial charge in [0.2, 0.25) is 5.91 Å². The fraction of sp³-hybridized carbons (Fsp3) is 0.316. The van der Waals surface area contributed by atoms with Crippen molar-refractivity contribution in [3.05, 3.63) is 59.9 Å². The van der Waals surface area contributed by atoms with Crippen LogP contribution in [-0.4, -0.2) is 30.0 Å². The van der Waals surface area contributed by atoms with Crippen molar-refractivity contribution in [2.75, 3.05) is 18.0 Å². The predicted octanol–water partition coefficient (Wildman–Crippen LogP) is 2.25.